The maximum Gasteiger partial charge on any atom is 0.253 e. The van der Waals surface area contributed by atoms with E-state index in [-0.39, 0.29) is 30.3 Å². The molecule has 0 radical (unpaired) electrons. The highest BCUT2D eigenvalue weighted by atomic mass is 16.2. The molecule has 0 aliphatic heterocycles. The minimum atomic E-state index is -0.265. The Morgan fingerprint density at radius 2 is 1.47 bits per heavy atom. The Kier molecular flexibility index (Phi) is 8.40. The Bertz CT molecular complexity index is 1150. The number of carbonyl (C=O) groups is 3. The predicted octanol–water partition coefficient (Wildman–Crippen LogP) is 4.15. The molecule has 0 fully saturated rings. The van der Waals surface area contributed by atoms with Crippen LogP contribution in [0.15, 0.2) is 78.9 Å². The molecule has 0 heterocycles. The number of carbonyl (C=O) groups excluding carboxylic acids is 3. The fraction of sp³-hybridized carbons (Fsp3) is 0.222. The number of nitrogens with zero attached hydrogens (tertiary/aromatic N) is 1. The molecule has 3 N–H and O–H groups in total. The van der Waals surface area contributed by atoms with Gasteiger partial charge in [0.2, 0.25) is 5.91 Å². The van der Waals surface area contributed by atoms with Crippen molar-refractivity contribution in [2.45, 2.75) is 26.4 Å². The maximum absolute atomic E-state index is 12.8. The van der Waals surface area contributed by atoms with Gasteiger partial charge in [0.1, 0.15) is 0 Å². The van der Waals surface area contributed by atoms with Gasteiger partial charge in [0.25, 0.3) is 11.8 Å². The van der Waals surface area contributed by atoms with Crippen molar-refractivity contribution in [1.82, 2.24) is 10.2 Å². The molecule has 34 heavy (non-hydrogen) atoms. The van der Waals surface area contributed by atoms with Gasteiger partial charge in [-0.2, -0.15) is 0 Å². The lowest BCUT2D eigenvalue weighted by molar-refractivity contribution is -0.114. The van der Waals surface area contributed by atoms with Gasteiger partial charge < -0.3 is 20.9 Å². The average Bonchev–Trinajstić information content (AvgIpc) is 2.83. The first-order chi connectivity index (χ1) is 16.3. The van der Waals surface area contributed by atoms with Crippen LogP contribution in [0.1, 0.15) is 40.1 Å². The third-order valence-corrected chi connectivity index (χ3v) is 5.00. The van der Waals surface area contributed by atoms with E-state index in [9.17, 15) is 14.4 Å². The lowest BCUT2D eigenvalue weighted by Gasteiger charge is -2.18. The summed E-state index contributed by atoms with van der Waals surface area (Å²) in [7, 11) is 1.75. The molecule has 0 unspecified atom stereocenters. The van der Waals surface area contributed by atoms with Crippen LogP contribution in [0, 0.1) is 0 Å². The van der Waals surface area contributed by atoms with E-state index in [1.165, 1.54) is 0 Å². The third-order valence-electron chi connectivity index (χ3n) is 5.00. The fourth-order valence-electron chi connectivity index (χ4n) is 3.38. The summed E-state index contributed by atoms with van der Waals surface area (Å²) in [6.45, 7) is 4.30. The highest BCUT2D eigenvalue weighted by molar-refractivity contribution is 5.98. The van der Waals surface area contributed by atoms with E-state index in [1.54, 1.807) is 60.5 Å². The molecule has 176 valence electrons. The lowest BCUT2D eigenvalue weighted by atomic mass is 10.1. The molecule has 3 aromatic carbocycles. The molecule has 0 aliphatic rings. The molecule has 3 amide bonds. The van der Waals surface area contributed by atoms with Gasteiger partial charge >= 0.3 is 0 Å². The average molecular weight is 459 g/mol. The summed E-state index contributed by atoms with van der Waals surface area (Å²) in [5.74, 6) is -0.560. The van der Waals surface area contributed by atoms with Gasteiger partial charge in [-0.1, -0.05) is 42.5 Å². The molecule has 3 aromatic rings. The largest absolute Gasteiger partial charge is 0.376 e. The van der Waals surface area contributed by atoms with Crippen LogP contribution in [0.3, 0.4) is 0 Å². The molecule has 0 saturated carbocycles. The van der Waals surface area contributed by atoms with Gasteiger partial charge in [-0.05, 0) is 55.8 Å². The second-order valence-corrected chi connectivity index (χ2v) is 8.34. The number of hydrogen-bond acceptors (Lipinski definition) is 4. The van der Waals surface area contributed by atoms with Crippen LogP contribution in [0.2, 0.25) is 0 Å². The summed E-state index contributed by atoms with van der Waals surface area (Å²) < 4.78 is 0. The van der Waals surface area contributed by atoms with Gasteiger partial charge in [-0.25, -0.2) is 0 Å². The first kappa shape index (κ1) is 24.5. The normalized spacial score (nSPS) is 10.5. The van der Waals surface area contributed by atoms with E-state index >= 15 is 0 Å². The van der Waals surface area contributed by atoms with Crippen molar-refractivity contribution in [2.24, 2.45) is 0 Å². The number of hydrogen-bond donors (Lipinski definition) is 3. The number of nitrogens with one attached hydrogen (secondary N) is 3. The quantitative estimate of drug-likeness (QED) is 0.449. The van der Waals surface area contributed by atoms with Crippen LogP contribution in [-0.4, -0.2) is 42.3 Å². The summed E-state index contributed by atoms with van der Waals surface area (Å²) in [6, 6.07) is 23.6. The molecule has 0 saturated heterocycles. The Balaban J connectivity index is 1.56. The molecule has 0 atom stereocenters. The number of benzene rings is 3. The van der Waals surface area contributed by atoms with E-state index in [0.29, 0.717) is 29.0 Å². The molecule has 0 aliphatic carbocycles. The summed E-state index contributed by atoms with van der Waals surface area (Å²) in [5, 5.41) is 8.68. The van der Waals surface area contributed by atoms with Gasteiger partial charge in [0.05, 0.1) is 6.54 Å². The molecule has 0 bridgehead atoms. The van der Waals surface area contributed by atoms with Gasteiger partial charge in [-0.15, -0.1) is 0 Å². The summed E-state index contributed by atoms with van der Waals surface area (Å²) >= 11 is 0. The smallest absolute Gasteiger partial charge is 0.253 e. The van der Waals surface area contributed by atoms with Crippen molar-refractivity contribution in [3.05, 3.63) is 95.6 Å². The number of anilines is 2. The Morgan fingerprint density at radius 1 is 0.824 bits per heavy atom. The highest BCUT2D eigenvalue weighted by Crippen LogP contribution is 2.15. The molecular formula is C27H30N4O3. The second-order valence-electron chi connectivity index (χ2n) is 8.34. The minimum absolute atomic E-state index is 0.0152. The molecular weight excluding hydrogens is 428 g/mol. The SMILES string of the molecule is CC(C)NC(=O)c1cccc(NCC(=O)Nc2cccc(C(=O)N(C)Cc3ccccc3)c2)c1. The highest BCUT2D eigenvalue weighted by Gasteiger charge is 2.13. The van der Waals surface area contributed by atoms with Crippen molar-refractivity contribution in [2.75, 3.05) is 24.2 Å². The van der Waals surface area contributed by atoms with Crippen molar-refractivity contribution in [3.8, 4) is 0 Å². The zero-order chi connectivity index (χ0) is 24.5. The number of amides is 3. The van der Waals surface area contributed by atoms with Crippen LogP contribution >= 0.6 is 0 Å². The summed E-state index contributed by atoms with van der Waals surface area (Å²) in [4.78, 5) is 39.1. The Morgan fingerprint density at radius 3 is 2.18 bits per heavy atom. The zero-order valence-corrected chi connectivity index (χ0v) is 19.7. The minimum Gasteiger partial charge on any atom is -0.376 e. The lowest BCUT2D eigenvalue weighted by Crippen LogP contribution is -2.30. The second kappa shape index (κ2) is 11.7. The van der Waals surface area contributed by atoms with Crippen molar-refractivity contribution in [1.29, 1.82) is 0 Å². The first-order valence-corrected chi connectivity index (χ1v) is 11.2. The van der Waals surface area contributed by atoms with Gasteiger partial charge in [-0.3, -0.25) is 14.4 Å². The Labute approximate surface area is 200 Å². The number of rotatable bonds is 9. The molecule has 7 nitrogen and oxygen atoms in total. The van der Waals surface area contributed by atoms with E-state index < -0.39 is 0 Å². The molecule has 3 rings (SSSR count). The van der Waals surface area contributed by atoms with Crippen LogP contribution < -0.4 is 16.0 Å². The van der Waals surface area contributed by atoms with E-state index in [0.717, 1.165) is 5.56 Å². The maximum atomic E-state index is 12.8. The molecule has 0 spiro atoms. The van der Waals surface area contributed by atoms with Crippen molar-refractivity contribution < 1.29 is 14.4 Å². The van der Waals surface area contributed by atoms with Crippen LogP contribution in [0.25, 0.3) is 0 Å². The van der Waals surface area contributed by atoms with Crippen molar-refractivity contribution in [3.63, 3.8) is 0 Å². The third kappa shape index (κ3) is 7.20. The first-order valence-electron chi connectivity index (χ1n) is 11.2. The fourth-order valence-corrected chi connectivity index (χ4v) is 3.38. The zero-order valence-electron chi connectivity index (χ0n) is 19.7. The summed E-state index contributed by atoms with van der Waals surface area (Å²) in [5.41, 5.74) is 3.26. The van der Waals surface area contributed by atoms with E-state index in [1.807, 2.05) is 44.2 Å². The standard InChI is InChI=1S/C27H30N4O3/c1-19(2)29-26(33)21-11-7-13-23(15-21)28-17-25(32)30-24-14-8-12-22(16-24)27(34)31(3)18-20-9-5-4-6-10-20/h4-16,19,28H,17-18H2,1-3H3,(H,29,33)(H,30,32). The van der Waals surface area contributed by atoms with E-state index in [4.69, 9.17) is 0 Å². The van der Waals surface area contributed by atoms with Gasteiger partial charge in [0, 0.05) is 42.1 Å². The van der Waals surface area contributed by atoms with Crippen LogP contribution in [-0.2, 0) is 11.3 Å². The van der Waals surface area contributed by atoms with Crippen LogP contribution in [0.4, 0.5) is 11.4 Å². The van der Waals surface area contributed by atoms with Gasteiger partial charge in [0.15, 0.2) is 0 Å². The monoisotopic (exact) mass is 458 g/mol. The molecule has 0 aromatic heterocycles. The summed E-state index contributed by atoms with van der Waals surface area (Å²) in [6.07, 6.45) is 0. The molecule has 7 heteroatoms. The predicted molar refractivity (Wildman–Crippen MR) is 135 cm³/mol. The van der Waals surface area contributed by atoms with Crippen LogP contribution in [0.5, 0.6) is 0 Å². The van der Waals surface area contributed by atoms with Crippen molar-refractivity contribution >= 4 is 29.1 Å². The Hall–Kier alpha value is -4.13. The topological polar surface area (TPSA) is 90.5 Å². The van der Waals surface area contributed by atoms with E-state index in [2.05, 4.69) is 16.0 Å².